The summed E-state index contributed by atoms with van der Waals surface area (Å²) in [6.07, 6.45) is 1.40. The molecule has 5 nitrogen and oxygen atoms in total. The number of benzene rings is 2. The van der Waals surface area contributed by atoms with Gasteiger partial charge in [-0.1, -0.05) is 35.9 Å². The molecule has 7 heteroatoms. The Morgan fingerprint density at radius 3 is 2.54 bits per heavy atom. The average Bonchev–Trinajstić information content (AvgIpc) is 2.64. The molecule has 0 aliphatic carbocycles. The van der Waals surface area contributed by atoms with Gasteiger partial charge in [-0.25, -0.2) is 4.39 Å². The van der Waals surface area contributed by atoms with Crippen LogP contribution in [0.4, 0.5) is 10.1 Å². The molecule has 1 amide bonds. The van der Waals surface area contributed by atoms with Crippen LogP contribution in [-0.4, -0.2) is 10.6 Å². The molecule has 0 aliphatic heterocycles. The number of para-hydroxylation sites is 1. The minimum atomic E-state index is -0.612. The number of hydrogen-bond donors (Lipinski definition) is 1. The lowest BCUT2D eigenvalue weighted by Gasteiger charge is -2.10. The fourth-order valence-corrected chi connectivity index (χ4v) is 2.41. The molecule has 0 unspecified atom stereocenters. The standard InChI is InChI=1S/C19H14ClFN2O3/c20-16-5-1-2-6-17(16)22-18(24)15-4-3-11-23(19(15)25)26-12-13-7-9-14(21)10-8-13/h1-11H,12H2,(H,22,24). The minimum Gasteiger partial charge on any atom is -0.406 e. The Kier molecular flexibility index (Phi) is 5.34. The molecule has 0 spiro atoms. The molecule has 1 heterocycles. The first-order valence-corrected chi connectivity index (χ1v) is 8.07. The maximum absolute atomic E-state index is 12.9. The van der Waals surface area contributed by atoms with E-state index >= 15 is 0 Å². The fourth-order valence-electron chi connectivity index (χ4n) is 2.23. The first-order valence-electron chi connectivity index (χ1n) is 7.70. The highest BCUT2D eigenvalue weighted by molar-refractivity contribution is 6.33. The lowest BCUT2D eigenvalue weighted by atomic mass is 10.2. The van der Waals surface area contributed by atoms with Crippen molar-refractivity contribution in [2.75, 3.05) is 5.32 Å². The van der Waals surface area contributed by atoms with E-state index in [1.165, 1.54) is 30.5 Å². The van der Waals surface area contributed by atoms with Crippen molar-refractivity contribution in [1.82, 2.24) is 4.73 Å². The molecule has 132 valence electrons. The van der Waals surface area contributed by atoms with Gasteiger partial charge in [0, 0.05) is 6.20 Å². The number of carbonyl (C=O) groups is 1. The van der Waals surface area contributed by atoms with Gasteiger partial charge in [-0.05, 0) is 42.0 Å². The predicted molar refractivity (Wildman–Crippen MR) is 96.8 cm³/mol. The van der Waals surface area contributed by atoms with Crippen LogP contribution in [0.5, 0.6) is 0 Å². The molecule has 0 radical (unpaired) electrons. The third-order valence-corrected chi connectivity index (χ3v) is 3.89. The summed E-state index contributed by atoms with van der Waals surface area (Å²) in [6.45, 7) is 0.0514. The molecule has 2 aromatic carbocycles. The van der Waals surface area contributed by atoms with Crippen molar-refractivity contribution in [3.8, 4) is 0 Å². The van der Waals surface area contributed by atoms with Gasteiger partial charge in [0.15, 0.2) is 0 Å². The summed E-state index contributed by atoms with van der Waals surface area (Å²) in [5.74, 6) is -0.952. The highest BCUT2D eigenvalue weighted by Crippen LogP contribution is 2.20. The van der Waals surface area contributed by atoms with Crippen molar-refractivity contribution in [2.24, 2.45) is 0 Å². The molecule has 0 aliphatic rings. The van der Waals surface area contributed by atoms with Gasteiger partial charge in [-0.3, -0.25) is 9.59 Å². The van der Waals surface area contributed by atoms with E-state index in [1.807, 2.05) is 0 Å². The summed E-state index contributed by atoms with van der Waals surface area (Å²) in [7, 11) is 0. The second-order valence-corrected chi connectivity index (χ2v) is 5.79. The van der Waals surface area contributed by atoms with Crippen molar-refractivity contribution in [1.29, 1.82) is 0 Å². The first-order chi connectivity index (χ1) is 12.5. The van der Waals surface area contributed by atoms with Crippen molar-refractivity contribution in [2.45, 2.75) is 6.61 Å². The highest BCUT2D eigenvalue weighted by atomic mass is 35.5. The maximum Gasteiger partial charge on any atom is 0.295 e. The highest BCUT2D eigenvalue weighted by Gasteiger charge is 2.14. The van der Waals surface area contributed by atoms with Crippen LogP contribution in [0.25, 0.3) is 0 Å². The molecule has 26 heavy (non-hydrogen) atoms. The van der Waals surface area contributed by atoms with Gasteiger partial charge in [0.1, 0.15) is 18.0 Å². The van der Waals surface area contributed by atoms with Crippen molar-refractivity contribution < 1.29 is 14.0 Å². The molecule has 0 saturated heterocycles. The van der Waals surface area contributed by atoms with E-state index in [4.69, 9.17) is 16.4 Å². The topological polar surface area (TPSA) is 60.3 Å². The molecule has 1 aromatic heterocycles. The fraction of sp³-hybridized carbons (Fsp3) is 0.0526. The summed E-state index contributed by atoms with van der Waals surface area (Å²) in [4.78, 5) is 30.2. The lowest BCUT2D eigenvalue weighted by molar-refractivity contribution is 0.0863. The maximum atomic E-state index is 12.9. The second-order valence-electron chi connectivity index (χ2n) is 5.39. The first kappa shape index (κ1) is 17.7. The molecular weight excluding hydrogens is 359 g/mol. The van der Waals surface area contributed by atoms with Gasteiger partial charge >= 0.3 is 0 Å². The molecule has 1 N–H and O–H groups in total. The molecule has 0 fully saturated rings. The van der Waals surface area contributed by atoms with Crippen LogP contribution in [0, 0.1) is 5.82 Å². The van der Waals surface area contributed by atoms with Crippen LogP contribution in [0.15, 0.2) is 71.7 Å². The Labute approximate surface area is 153 Å². The predicted octanol–water partition coefficient (Wildman–Crippen LogP) is 3.52. The molecule has 0 saturated carbocycles. The number of pyridine rings is 1. The number of anilines is 1. The number of nitrogens with zero attached hydrogens (tertiary/aromatic N) is 1. The number of hydrogen-bond acceptors (Lipinski definition) is 3. The Morgan fingerprint density at radius 2 is 1.81 bits per heavy atom. The van der Waals surface area contributed by atoms with E-state index in [1.54, 1.807) is 36.4 Å². The number of carbonyl (C=O) groups excluding carboxylic acids is 1. The average molecular weight is 373 g/mol. The minimum absolute atomic E-state index is 0.0514. The van der Waals surface area contributed by atoms with Gasteiger partial charge in [0.25, 0.3) is 11.5 Å². The summed E-state index contributed by atoms with van der Waals surface area (Å²) in [5.41, 5.74) is 0.385. The van der Waals surface area contributed by atoms with Gasteiger partial charge in [-0.2, -0.15) is 4.73 Å². The number of rotatable bonds is 5. The summed E-state index contributed by atoms with van der Waals surface area (Å²) >= 11 is 6.01. The summed E-state index contributed by atoms with van der Waals surface area (Å²) in [6, 6.07) is 15.3. The largest absolute Gasteiger partial charge is 0.406 e. The van der Waals surface area contributed by atoms with Crippen molar-refractivity contribution in [3.63, 3.8) is 0 Å². The van der Waals surface area contributed by atoms with Gasteiger partial charge in [0.05, 0.1) is 10.7 Å². The smallest absolute Gasteiger partial charge is 0.295 e. The molecule has 0 atom stereocenters. The third kappa shape index (κ3) is 4.10. The van der Waals surface area contributed by atoms with Crippen molar-refractivity contribution in [3.05, 3.63) is 99.2 Å². The van der Waals surface area contributed by atoms with Crippen LogP contribution in [-0.2, 0) is 6.61 Å². The van der Waals surface area contributed by atoms with E-state index < -0.39 is 11.5 Å². The van der Waals surface area contributed by atoms with E-state index in [-0.39, 0.29) is 18.0 Å². The van der Waals surface area contributed by atoms with E-state index in [0.29, 0.717) is 16.3 Å². The molecule has 0 bridgehead atoms. The molecular formula is C19H14ClFN2O3. The Hall–Kier alpha value is -3.12. The van der Waals surface area contributed by atoms with E-state index in [2.05, 4.69) is 5.32 Å². The number of amides is 1. The van der Waals surface area contributed by atoms with Crippen LogP contribution >= 0.6 is 11.6 Å². The SMILES string of the molecule is O=C(Nc1ccccc1Cl)c1cccn(OCc2ccc(F)cc2)c1=O. The number of halogens is 2. The van der Waals surface area contributed by atoms with Crippen LogP contribution in [0.3, 0.4) is 0 Å². The zero-order valence-electron chi connectivity index (χ0n) is 13.5. The quantitative estimate of drug-likeness (QED) is 0.745. The van der Waals surface area contributed by atoms with Crippen LogP contribution in [0.2, 0.25) is 5.02 Å². The van der Waals surface area contributed by atoms with Crippen LogP contribution < -0.4 is 15.7 Å². The van der Waals surface area contributed by atoms with Crippen LogP contribution in [0.1, 0.15) is 15.9 Å². The van der Waals surface area contributed by atoms with E-state index in [9.17, 15) is 14.0 Å². The lowest BCUT2D eigenvalue weighted by Crippen LogP contribution is -2.32. The number of nitrogens with one attached hydrogen (secondary N) is 1. The normalized spacial score (nSPS) is 10.4. The molecule has 3 aromatic rings. The second kappa shape index (κ2) is 7.84. The zero-order chi connectivity index (χ0) is 18.5. The zero-order valence-corrected chi connectivity index (χ0v) is 14.2. The summed E-state index contributed by atoms with van der Waals surface area (Å²) < 4.78 is 13.9. The Morgan fingerprint density at radius 1 is 1.08 bits per heavy atom. The summed E-state index contributed by atoms with van der Waals surface area (Å²) in [5, 5.41) is 2.96. The number of aromatic nitrogens is 1. The van der Waals surface area contributed by atoms with Crippen molar-refractivity contribution >= 4 is 23.2 Å². The third-order valence-electron chi connectivity index (χ3n) is 3.57. The van der Waals surface area contributed by atoms with Gasteiger partial charge in [-0.15, -0.1) is 0 Å². The van der Waals surface area contributed by atoms with Gasteiger partial charge in [0.2, 0.25) is 0 Å². The Bertz CT molecular complexity index is 987. The van der Waals surface area contributed by atoms with Gasteiger partial charge < -0.3 is 10.2 Å². The van der Waals surface area contributed by atoms with E-state index in [0.717, 1.165) is 4.73 Å². The molecule has 3 rings (SSSR count). The monoisotopic (exact) mass is 372 g/mol. The Balaban J connectivity index is 1.76.